The molecule has 32 heavy (non-hydrogen) atoms. The minimum Gasteiger partial charge on any atom is -0.371 e. The number of nitrogens with one attached hydrogen (secondary N) is 1. The van der Waals surface area contributed by atoms with Gasteiger partial charge < -0.3 is 10.2 Å². The molecule has 2 aromatic carbocycles. The van der Waals surface area contributed by atoms with Gasteiger partial charge in [0, 0.05) is 54.1 Å². The van der Waals surface area contributed by atoms with Gasteiger partial charge in [0.1, 0.15) is 0 Å². The summed E-state index contributed by atoms with van der Waals surface area (Å²) in [5, 5.41) is 4.99. The Morgan fingerprint density at radius 3 is 2.38 bits per heavy atom. The van der Waals surface area contributed by atoms with Gasteiger partial charge in [-0.15, -0.1) is 0 Å². The fourth-order valence-corrected chi connectivity index (χ4v) is 6.16. The minimum absolute atomic E-state index is 0.170. The lowest BCUT2D eigenvalue weighted by Gasteiger charge is -2.30. The number of fused-ring (bicyclic) bond motifs is 1. The van der Waals surface area contributed by atoms with E-state index in [9.17, 15) is 13.2 Å². The third-order valence-corrected chi connectivity index (χ3v) is 8.13. The molecule has 0 atom stereocenters. The van der Waals surface area contributed by atoms with Crippen LogP contribution in [0.2, 0.25) is 0 Å². The zero-order chi connectivity index (χ0) is 22.1. The van der Waals surface area contributed by atoms with Crippen LogP contribution < -0.4 is 14.5 Å². The molecule has 0 radical (unpaired) electrons. The summed E-state index contributed by atoms with van der Waals surface area (Å²) in [6.45, 7) is 2.57. The number of rotatable bonds is 4. The van der Waals surface area contributed by atoms with E-state index in [1.54, 1.807) is 36.7 Å². The molecule has 0 spiro atoms. The summed E-state index contributed by atoms with van der Waals surface area (Å²) in [6.07, 6.45) is 7.86. The quantitative estimate of drug-likeness (QED) is 0.649. The molecule has 2 saturated heterocycles. The molecular formula is C24H26N4O3S. The topological polar surface area (TPSA) is 82.6 Å². The molecule has 166 valence electrons. The normalized spacial score (nSPS) is 18.1. The zero-order valence-corrected chi connectivity index (χ0v) is 18.6. The molecule has 0 aliphatic carbocycles. The van der Waals surface area contributed by atoms with E-state index in [1.165, 1.54) is 29.3 Å². The van der Waals surface area contributed by atoms with Gasteiger partial charge in [-0.05, 0) is 68.1 Å². The Hall–Kier alpha value is -3.13. The van der Waals surface area contributed by atoms with E-state index >= 15 is 0 Å². The smallest absolute Gasteiger partial charge is 0.255 e. The second-order valence-corrected chi connectivity index (χ2v) is 10.4. The van der Waals surface area contributed by atoms with Crippen molar-refractivity contribution in [1.82, 2.24) is 4.98 Å². The number of benzene rings is 2. The van der Waals surface area contributed by atoms with Crippen LogP contribution in [0.4, 0.5) is 17.1 Å². The Morgan fingerprint density at radius 2 is 1.66 bits per heavy atom. The maximum atomic E-state index is 12.9. The summed E-state index contributed by atoms with van der Waals surface area (Å²) >= 11 is 0. The van der Waals surface area contributed by atoms with Gasteiger partial charge in [-0.2, -0.15) is 0 Å². The van der Waals surface area contributed by atoms with Gasteiger partial charge in [0.05, 0.1) is 17.1 Å². The summed E-state index contributed by atoms with van der Waals surface area (Å²) in [5.74, 6) is -0.0688. The predicted octanol–water partition coefficient (Wildman–Crippen LogP) is 4.02. The lowest BCUT2D eigenvalue weighted by atomic mass is 10.0. The highest BCUT2D eigenvalue weighted by atomic mass is 32.2. The molecule has 2 aliphatic rings. The van der Waals surface area contributed by atoms with Gasteiger partial charge in [0.15, 0.2) is 0 Å². The summed E-state index contributed by atoms with van der Waals surface area (Å²) < 4.78 is 25.7. The lowest BCUT2D eigenvalue weighted by molar-refractivity contribution is 0.102. The van der Waals surface area contributed by atoms with Crippen LogP contribution in [0.15, 0.2) is 54.9 Å². The first-order chi connectivity index (χ1) is 15.5. The molecule has 0 saturated carbocycles. The van der Waals surface area contributed by atoms with E-state index in [0.29, 0.717) is 29.9 Å². The average Bonchev–Trinajstić information content (AvgIpc) is 3.19. The standard InChI is InChI=1S/C24H26N4O3S/c29-24(18-5-7-19(8-6-18)28-15-4-16-32(28,30)31)26-22-9-10-23(27-13-2-1-3-14-27)20-11-12-25-17-21(20)22/h5-12,17H,1-4,13-16H2,(H,26,29). The Labute approximate surface area is 188 Å². The zero-order valence-electron chi connectivity index (χ0n) is 17.8. The predicted molar refractivity (Wildman–Crippen MR) is 128 cm³/mol. The van der Waals surface area contributed by atoms with Crippen molar-refractivity contribution >= 4 is 43.8 Å². The van der Waals surface area contributed by atoms with Gasteiger partial charge >= 0.3 is 0 Å². The number of pyridine rings is 1. The van der Waals surface area contributed by atoms with E-state index in [1.807, 2.05) is 12.1 Å². The van der Waals surface area contributed by atoms with E-state index < -0.39 is 10.0 Å². The van der Waals surface area contributed by atoms with Crippen LogP contribution in [-0.4, -0.2) is 44.7 Å². The number of anilines is 3. The Morgan fingerprint density at radius 1 is 0.875 bits per heavy atom. The molecule has 1 aromatic heterocycles. The molecule has 7 nitrogen and oxygen atoms in total. The first-order valence-corrected chi connectivity index (χ1v) is 12.7. The maximum Gasteiger partial charge on any atom is 0.255 e. The van der Waals surface area contributed by atoms with Crippen LogP contribution in [-0.2, 0) is 10.0 Å². The highest BCUT2D eigenvalue weighted by Gasteiger charge is 2.28. The van der Waals surface area contributed by atoms with Crippen molar-refractivity contribution < 1.29 is 13.2 Å². The van der Waals surface area contributed by atoms with Gasteiger partial charge in [-0.25, -0.2) is 8.42 Å². The molecule has 0 unspecified atom stereocenters. The molecule has 0 bridgehead atoms. The van der Waals surface area contributed by atoms with Crippen LogP contribution in [0.1, 0.15) is 36.0 Å². The van der Waals surface area contributed by atoms with Gasteiger partial charge in [0.25, 0.3) is 5.91 Å². The van der Waals surface area contributed by atoms with Crippen molar-refractivity contribution in [3.8, 4) is 0 Å². The largest absolute Gasteiger partial charge is 0.371 e. The molecule has 2 fully saturated rings. The third-order valence-electron chi connectivity index (χ3n) is 6.26. The van der Waals surface area contributed by atoms with Crippen molar-refractivity contribution in [3.05, 3.63) is 60.4 Å². The molecule has 8 heteroatoms. The van der Waals surface area contributed by atoms with Crippen LogP contribution in [0.25, 0.3) is 10.8 Å². The number of sulfonamides is 1. The van der Waals surface area contributed by atoms with Crippen molar-refractivity contribution in [2.75, 3.05) is 39.9 Å². The summed E-state index contributed by atoms with van der Waals surface area (Å²) in [5.41, 5.74) is 2.96. The number of hydrogen-bond donors (Lipinski definition) is 1. The Bertz CT molecular complexity index is 1250. The lowest BCUT2D eigenvalue weighted by Crippen LogP contribution is -2.29. The van der Waals surface area contributed by atoms with Crippen LogP contribution in [0.5, 0.6) is 0 Å². The van der Waals surface area contributed by atoms with Crippen molar-refractivity contribution in [2.45, 2.75) is 25.7 Å². The van der Waals surface area contributed by atoms with Gasteiger partial charge in [-0.3, -0.25) is 14.1 Å². The fraction of sp³-hybridized carbons (Fsp3) is 0.333. The highest BCUT2D eigenvalue weighted by molar-refractivity contribution is 7.93. The monoisotopic (exact) mass is 450 g/mol. The van der Waals surface area contributed by atoms with Crippen molar-refractivity contribution in [3.63, 3.8) is 0 Å². The number of amides is 1. The van der Waals surface area contributed by atoms with Gasteiger partial charge in [0.2, 0.25) is 10.0 Å². The SMILES string of the molecule is O=C(Nc1ccc(N2CCCCC2)c2ccncc12)c1ccc(N2CCCS2(=O)=O)cc1. The van der Waals surface area contributed by atoms with Crippen LogP contribution >= 0.6 is 0 Å². The molecular weight excluding hydrogens is 424 g/mol. The summed E-state index contributed by atoms with van der Waals surface area (Å²) in [6, 6.07) is 12.7. The number of piperidine rings is 1. The average molecular weight is 451 g/mol. The van der Waals surface area contributed by atoms with E-state index in [0.717, 1.165) is 23.9 Å². The van der Waals surface area contributed by atoms with E-state index in [4.69, 9.17) is 0 Å². The molecule has 3 aromatic rings. The molecule has 1 N–H and O–H groups in total. The molecule has 5 rings (SSSR count). The molecule has 1 amide bonds. The Kier molecular flexibility index (Phi) is 5.46. The van der Waals surface area contributed by atoms with Gasteiger partial charge in [-0.1, -0.05) is 0 Å². The second-order valence-electron chi connectivity index (χ2n) is 8.34. The number of carbonyl (C=O) groups excluding carboxylic acids is 1. The van der Waals surface area contributed by atoms with Crippen LogP contribution in [0, 0.1) is 0 Å². The fourth-order valence-electron chi connectivity index (χ4n) is 4.60. The second kappa shape index (κ2) is 8.43. The number of hydrogen-bond acceptors (Lipinski definition) is 5. The molecule has 3 heterocycles. The summed E-state index contributed by atoms with van der Waals surface area (Å²) in [4.78, 5) is 19.6. The third kappa shape index (κ3) is 3.90. The highest BCUT2D eigenvalue weighted by Crippen LogP contribution is 2.33. The van der Waals surface area contributed by atoms with Crippen molar-refractivity contribution in [2.24, 2.45) is 0 Å². The number of nitrogens with zero attached hydrogens (tertiary/aromatic N) is 3. The first-order valence-electron chi connectivity index (χ1n) is 11.1. The minimum atomic E-state index is -3.24. The van der Waals surface area contributed by atoms with Crippen LogP contribution in [0.3, 0.4) is 0 Å². The summed E-state index contributed by atoms with van der Waals surface area (Å²) in [7, 11) is -3.24. The molecule has 2 aliphatic heterocycles. The van der Waals surface area contributed by atoms with Crippen molar-refractivity contribution in [1.29, 1.82) is 0 Å². The Balaban J connectivity index is 1.39. The number of aromatic nitrogens is 1. The number of carbonyl (C=O) groups is 1. The maximum absolute atomic E-state index is 12.9. The van der Waals surface area contributed by atoms with E-state index in [2.05, 4.69) is 21.3 Å². The first kappa shape index (κ1) is 20.8. The van der Waals surface area contributed by atoms with E-state index in [-0.39, 0.29) is 11.7 Å².